The number of anilines is 1. The Hall–Kier alpha value is -2.06. The smallest absolute Gasteiger partial charge is 0.361 e. The monoisotopic (exact) mass is 233 g/mol. The third-order valence-corrected chi connectivity index (χ3v) is 1.78. The first-order valence-electron chi connectivity index (χ1n) is 4.19. The highest BCUT2D eigenvalue weighted by Crippen LogP contribution is 2.15. The van der Waals surface area contributed by atoms with Crippen LogP contribution in [-0.4, -0.2) is 32.3 Å². The molecule has 6 nitrogen and oxygen atoms in total. The van der Waals surface area contributed by atoms with Gasteiger partial charge in [0.05, 0.1) is 0 Å². The van der Waals surface area contributed by atoms with Gasteiger partial charge in [-0.15, -0.1) is 0 Å². The van der Waals surface area contributed by atoms with Gasteiger partial charge in [0.2, 0.25) is 0 Å². The number of aromatic nitrogens is 4. The van der Waals surface area contributed by atoms with E-state index in [1.807, 2.05) is 0 Å². The molecule has 0 bridgehead atoms. The molecule has 0 aliphatic rings. The van der Waals surface area contributed by atoms with Crippen LogP contribution in [0.3, 0.4) is 0 Å². The molecule has 0 radical (unpaired) electrons. The fraction of sp³-hybridized carbons (Fsp3) is 0.286. The number of nitrogens with zero attached hydrogens (tertiary/aromatic N) is 3. The highest BCUT2D eigenvalue weighted by Gasteiger charge is 2.26. The maximum absolute atomic E-state index is 11.9. The van der Waals surface area contributed by atoms with E-state index in [2.05, 4.69) is 20.5 Å². The van der Waals surface area contributed by atoms with Crippen molar-refractivity contribution >= 4 is 11.5 Å². The Morgan fingerprint density at radius 1 is 1.50 bits per heavy atom. The molecule has 0 aliphatic heterocycles. The minimum atomic E-state index is -4.32. The molecule has 0 saturated carbocycles. The largest absolute Gasteiger partial charge is 0.405 e. The van der Waals surface area contributed by atoms with Gasteiger partial charge >= 0.3 is 11.9 Å². The number of halogens is 3. The zero-order valence-corrected chi connectivity index (χ0v) is 7.75. The summed E-state index contributed by atoms with van der Waals surface area (Å²) in [6, 6.07) is 1.24. The molecule has 9 heteroatoms. The quantitative estimate of drug-likeness (QED) is 0.786. The predicted molar refractivity (Wildman–Crippen MR) is 48.2 cm³/mol. The Morgan fingerprint density at radius 3 is 2.94 bits per heavy atom. The van der Waals surface area contributed by atoms with Crippen LogP contribution in [0.4, 0.5) is 19.0 Å². The van der Waals surface area contributed by atoms with Crippen LogP contribution in [0.25, 0.3) is 5.65 Å². The lowest BCUT2D eigenvalue weighted by molar-refractivity contribution is -0.115. The summed E-state index contributed by atoms with van der Waals surface area (Å²) in [5.74, 6) is 0.00354. The van der Waals surface area contributed by atoms with Gasteiger partial charge in [0.15, 0.2) is 5.65 Å². The molecule has 0 aromatic carbocycles. The summed E-state index contributed by atoms with van der Waals surface area (Å²) in [5.41, 5.74) is -0.297. The maximum atomic E-state index is 11.9. The van der Waals surface area contributed by atoms with E-state index in [-0.39, 0.29) is 11.5 Å². The van der Waals surface area contributed by atoms with Crippen LogP contribution >= 0.6 is 0 Å². The standard InChI is InChI=1S/C7H6F3N5O/c8-7(9,10)2-11-4-1-5-13-14-6(16)15(5)3-12-4/h1,3,11H,2H2,(H,14,16). The average Bonchev–Trinajstić information content (AvgIpc) is 2.56. The summed E-state index contributed by atoms with van der Waals surface area (Å²) in [7, 11) is 0. The molecule has 0 unspecified atom stereocenters. The Balaban J connectivity index is 2.23. The molecular weight excluding hydrogens is 227 g/mol. The van der Waals surface area contributed by atoms with Crippen molar-refractivity contribution in [3.63, 3.8) is 0 Å². The summed E-state index contributed by atoms with van der Waals surface area (Å²) in [5, 5.41) is 7.81. The molecule has 0 fully saturated rings. The number of rotatable bonds is 2. The van der Waals surface area contributed by atoms with Gasteiger partial charge in [-0.1, -0.05) is 0 Å². The maximum Gasteiger partial charge on any atom is 0.405 e. The first kappa shape index (κ1) is 10.5. The molecule has 16 heavy (non-hydrogen) atoms. The second-order valence-corrected chi connectivity index (χ2v) is 3.00. The van der Waals surface area contributed by atoms with Crippen LogP contribution < -0.4 is 11.0 Å². The third kappa shape index (κ3) is 2.12. The summed E-state index contributed by atoms with van der Waals surface area (Å²) in [4.78, 5) is 14.6. The van der Waals surface area contributed by atoms with Crippen molar-refractivity contribution in [2.45, 2.75) is 6.18 Å². The molecule has 0 aliphatic carbocycles. The lowest BCUT2D eigenvalue weighted by atomic mass is 10.5. The van der Waals surface area contributed by atoms with Crippen LogP contribution in [0.2, 0.25) is 0 Å². The van der Waals surface area contributed by atoms with E-state index in [0.717, 1.165) is 10.7 Å². The first-order chi connectivity index (χ1) is 7.46. The Labute approximate surface area is 86.1 Å². The van der Waals surface area contributed by atoms with Crippen molar-refractivity contribution in [3.05, 3.63) is 22.9 Å². The molecule has 2 heterocycles. The Kier molecular flexibility index (Phi) is 2.29. The van der Waals surface area contributed by atoms with Crippen molar-refractivity contribution in [2.75, 3.05) is 11.9 Å². The van der Waals surface area contributed by atoms with Crippen LogP contribution in [0, 0.1) is 0 Å². The number of hydrogen-bond donors (Lipinski definition) is 2. The molecule has 2 aromatic rings. The summed E-state index contributed by atoms with van der Waals surface area (Å²) in [6.45, 7) is -1.19. The van der Waals surface area contributed by atoms with E-state index in [9.17, 15) is 18.0 Å². The third-order valence-electron chi connectivity index (χ3n) is 1.78. The molecule has 86 valence electrons. The number of H-pyrrole nitrogens is 1. The summed E-state index contributed by atoms with van der Waals surface area (Å²) >= 11 is 0. The number of aromatic amines is 1. The normalized spacial score (nSPS) is 11.9. The molecule has 2 rings (SSSR count). The molecule has 0 saturated heterocycles. The van der Waals surface area contributed by atoms with Crippen molar-refractivity contribution in [3.8, 4) is 0 Å². The zero-order chi connectivity index (χ0) is 11.8. The van der Waals surface area contributed by atoms with E-state index >= 15 is 0 Å². The minimum Gasteiger partial charge on any atom is -0.361 e. The van der Waals surface area contributed by atoms with E-state index in [1.54, 1.807) is 0 Å². The van der Waals surface area contributed by atoms with E-state index in [4.69, 9.17) is 0 Å². The molecule has 0 atom stereocenters. The van der Waals surface area contributed by atoms with E-state index < -0.39 is 18.4 Å². The van der Waals surface area contributed by atoms with Crippen molar-refractivity contribution < 1.29 is 13.2 Å². The molecule has 0 spiro atoms. The van der Waals surface area contributed by atoms with Gasteiger partial charge in [0, 0.05) is 6.07 Å². The van der Waals surface area contributed by atoms with Gasteiger partial charge in [0.25, 0.3) is 0 Å². The molecule has 0 amide bonds. The van der Waals surface area contributed by atoms with Crippen LogP contribution in [-0.2, 0) is 0 Å². The minimum absolute atomic E-state index is 0.00354. The Morgan fingerprint density at radius 2 is 2.25 bits per heavy atom. The number of hydrogen-bond acceptors (Lipinski definition) is 4. The molecular formula is C7H6F3N5O. The van der Waals surface area contributed by atoms with Gasteiger partial charge in [-0.25, -0.2) is 19.3 Å². The predicted octanol–water partition coefficient (Wildman–Crippen LogP) is 0.392. The van der Waals surface area contributed by atoms with Gasteiger partial charge < -0.3 is 5.32 Å². The zero-order valence-electron chi connectivity index (χ0n) is 7.75. The van der Waals surface area contributed by atoms with Crippen LogP contribution in [0.1, 0.15) is 0 Å². The van der Waals surface area contributed by atoms with Crippen LogP contribution in [0.5, 0.6) is 0 Å². The van der Waals surface area contributed by atoms with Crippen molar-refractivity contribution in [2.24, 2.45) is 0 Å². The topological polar surface area (TPSA) is 75.1 Å². The summed E-state index contributed by atoms with van der Waals surface area (Å²) < 4.78 is 36.8. The number of nitrogens with one attached hydrogen (secondary N) is 2. The summed E-state index contributed by atoms with van der Waals surface area (Å²) in [6.07, 6.45) is -3.22. The van der Waals surface area contributed by atoms with Crippen molar-refractivity contribution in [1.29, 1.82) is 0 Å². The lowest BCUT2D eigenvalue weighted by Crippen LogP contribution is -2.22. The molecule has 2 aromatic heterocycles. The van der Waals surface area contributed by atoms with Crippen LogP contribution in [0.15, 0.2) is 17.2 Å². The van der Waals surface area contributed by atoms with E-state index in [1.165, 1.54) is 6.07 Å². The fourth-order valence-electron chi connectivity index (χ4n) is 1.10. The highest BCUT2D eigenvalue weighted by atomic mass is 19.4. The van der Waals surface area contributed by atoms with Gasteiger partial charge in [-0.2, -0.15) is 18.3 Å². The second kappa shape index (κ2) is 3.51. The van der Waals surface area contributed by atoms with Gasteiger partial charge in [-0.05, 0) is 0 Å². The second-order valence-electron chi connectivity index (χ2n) is 3.00. The van der Waals surface area contributed by atoms with Gasteiger partial charge in [-0.3, -0.25) is 0 Å². The molecule has 2 N–H and O–H groups in total. The highest BCUT2D eigenvalue weighted by molar-refractivity contribution is 5.48. The SMILES string of the molecule is O=c1[nH]nc2cc(NCC(F)(F)F)ncn12. The number of alkyl halides is 3. The van der Waals surface area contributed by atoms with Crippen molar-refractivity contribution in [1.82, 2.24) is 19.6 Å². The number of fused-ring (bicyclic) bond motifs is 1. The van der Waals surface area contributed by atoms with Gasteiger partial charge in [0.1, 0.15) is 18.7 Å². The first-order valence-corrected chi connectivity index (χ1v) is 4.19. The average molecular weight is 233 g/mol. The fourth-order valence-corrected chi connectivity index (χ4v) is 1.10. The Bertz CT molecular complexity index is 557. The lowest BCUT2D eigenvalue weighted by Gasteiger charge is -2.08. The van der Waals surface area contributed by atoms with E-state index in [0.29, 0.717) is 0 Å².